The molecule has 2 aromatic rings. The van der Waals surface area contributed by atoms with Crippen LogP contribution in [-0.2, 0) is 0 Å². The number of para-hydroxylation sites is 1. The zero-order valence-electron chi connectivity index (χ0n) is 15.0. The predicted octanol–water partition coefficient (Wildman–Crippen LogP) is 2.75. The van der Waals surface area contributed by atoms with E-state index in [1.165, 1.54) is 6.07 Å². The van der Waals surface area contributed by atoms with E-state index in [0.717, 1.165) is 5.56 Å². The molecule has 7 heteroatoms. The maximum absolute atomic E-state index is 12.4. The van der Waals surface area contributed by atoms with E-state index in [1.807, 2.05) is 18.2 Å². The molecule has 3 rings (SSSR count). The number of methoxy groups -OCH3 is 1. The van der Waals surface area contributed by atoms with Crippen LogP contribution in [0.3, 0.4) is 0 Å². The molecule has 0 fully saturated rings. The number of benzene rings is 1. The van der Waals surface area contributed by atoms with Crippen molar-refractivity contribution in [2.45, 2.75) is 24.9 Å². The van der Waals surface area contributed by atoms with Gasteiger partial charge in [0.2, 0.25) is 0 Å². The van der Waals surface area contributed by atoms with E-state index >= 15 is 0 Å². The zero-order valence-corrected chi connectivity index (χ0v) is 15.0. The summed E-state index contributed by atoms with van der Waals surface area (Å²) in [5.41, 5.74) is 0.462. The fourth-order valence-electron chi connectivity index (χ4n) is 2.82. The van der Waals surface area contributed by atoms with E-state index in [-0.39, 0.29) is 5.56 Å². The van der Waals surface area contributed by atoms with Crippen molar-refractivity contribution in [2.24, 2.45) is 10.2 Å². The number of nitrogens with zero attached hydrogens (tertiary/aromatic N) is 2. The van der Waals surface area contributed by atoms with Crippen molar-refractivity contribution in [3.63, 3.8) is 0 Å². The lowest BCUT2D eigenvalue weighted by Gasteiger charge is -2.11. The van der Waals surface area contributed by atoms with Gasteiger partial charge in [-0.05, 0) is 24.3 Å². The van der Waals surface area contributed by atoms with Gasteiger partial charge in [0.15, 0.2) is 5.66 Å². The Morgan fingerprint density at radius 2 is 2.04 bits per heavy atom. The average Bonchev–Trinajstić information content (AvgIpc) is 3.46. The second-order valence-electron chi connectivity index (χ2n) is 6.21. The molecule has 0 spiro atoms. The lowest BCUT2D eigenvalue weighted by atomic mass is 10.0. The Hall–Kier alpha value is -3.40. The first-order valence-electron chi connectivity index (χ1n) is 8.61. The number of terminal acetylenes is 1. The SMILES string of the molecule is C#CCCC1(CCNC(=O)c2ccc(-c3ccccc3OC)[nH]c2=O)N=N1. The van der Waals surface area contributed by atoms with Gasteiger partial charge in [-0.15, -0.1) is 12.3 Å². The van der Waals surface area contributed by atoms with Gasteiger partial charge in [0.05, 0.1) is 12.8 Å². The number of carbonyl (C=O) groups is 1. The summed E-state index contributed by atoms with van der Waals surface area (Å²) in [5.74, 6) is 2.77. The number of amides is 1. The lowest BCUT2D eigenvalue weighted by molar-refractivity contribution is 0.0950. The average molecular weight is 364 g/mol. The van der Waals surface area contributed by atoms with E-state index in [4.69, 9.17) is 11.2 Å². The normalized spacial score (nSPS) is 13.6. The van der Waals surface area contributed by atoms with Gasteiger partial charge in [0, 0.05) is 31.4 Å². The Labute approximate surface area is 156 Å². The number of hydrogen-bond acceptors (Lipinski definition) is 5. The van der Waals surface area contributed by atoms with Gasteiger partial charge < -0.3 is 15.0 Å². The number of H-pyrrole nitrogens is 1. The largest absolute Gasteiger partial charge is 0.496 e. The third kappa shape index (κ3) is 4.23. The summed E-state index contributed by atoms with van der Waals surface area (Å²) in [6.07, 6.45) is 7.09. The third-order valence-electron chi connectivity index (χ3n) is 4.41. The van der Waals surface area contributed by atoms with Crippen LogP contribution in [-0.4, -0.2) is 30.2 Å². The molecule has 0 saturated carbocycles. The first-order chi connectivity index (χ1) is 13.1. The maximum Gasteiger partial charge on any atom is 0.261 e. The second-order valence-corrected chi connectivity index (χ2v) is 6.21. The molecule has 1 aliphatic rings. The summed E-state index contributed by atoms with van der Waals surface area (Å²) in [4.78, 5) is 27.4. The van der Waals surface area contributed by atoms with Gasteiger partial charge in [0.25, 0.3) is 11.5 Å². The lowest BCUT2D eigenvalue weighted by Crippen LogP contribution is -2.32. The molecule has 1 amide bonds. The van der Waals surface area contributed by atoms with Crippen LogP contribution in [0.15, 0.2) is 51.4 Å². The standard InChI is InChI=1S/C20H20N4O3/c1-3-4-11-20(23-24-20)12-13-21-18(25)15-9-10-16(22-19(15)26)14-7-5-6-8-17(14)27-2/h1,5-10H,4,11-13H2,2H3,(H,21,25)(H,22,26). The minimum atomic E-state index is -0.459. The van der Waals surface area contributed by atoms with Crippen molar-refractivity contribution in [1.82, 2.24) is 10.3 Å². The van der Waals surface area contributed by atoms with Crippen LogP contribution in [0.25, 0.3) is 11.3 Å². The van der Waals surface area contributed by atoms with Crippen molar-refractivity contribution < 1.29 is 9.53 Å². The Morgan fingerprint density at radius 3 is 2.70 bits per heavy atom. The summed E-state index contributed by atoms with van der Waals surface area (Å²) >= 11 is 0. The number of aromatic amines is 1. The van der Waals surface area contributed by atoms with Gasteiger partial charge in [-0.2, -0.15) is 10.2 Å². The molecule has 27 heavy (non-hydrogen) atoms. The molecule has 7 nitrogen and oxygen atoms in total. The van der Waals surface area contributed by atoms with E-state index in [9.17, 15) is 9.59 Å². The van der Waals surface area contributed by atoms with Crippen molar-refractivity contribution in [1.29, 1.82) is 0 Å². The molecule has 138 valence electrons. The molecule has 0 saturated heterocycles. The number of ether oxygens (including phenoxy) is 1. The molecule has 2 heterocycles. The van der Waals surface area contributed by atoms with Gasteiger partial charge in [0.1, 0.15) is 11.3 Å². The molecular formula is C20H20N4O3. The topological polar surface area (TPSA) is 95.9 Å². The number of pyridine rings is 1. The van der Waals surface area contributed by atoms with Crippen LogP contribution >= 0.6 is 0 Å². The quantitative estimate of drug-likeness (QED) is 0.705. The molecule has 0 radical (unpaired) electrons. The van der Waals surface area contributed by atoms with Crippen molar-refractivity contribution in [3.05, 3.63) is 52.3 Å². The summed E-state index contributed by atoms with van der Waals surface area (Å²) < 4.78 is 5.30. The number of rotatable bonds is 8. The summed E-state index contributed by atoms with van der Waals surface area (Å²) in [7, 11) is 1.56. The molecular weight excluding hydrogens is 344 g/mol. The molecule has 1 aliphatic heterocycles. The van der Waals surface area contributed by atoms with E-state index in [0.29, 0.717) is 37.3 Å². The van der Waals surface area contributed by atoms with Crippen molar-refractivity contribution >= 4 is 5.91 Å². The highest BCUT2D eigenvalue weighted by Crippen LogP contribution is 2.36. The molecule has 0 atom stereocenters. The maximum atomic E-state index is 12.4. The Bertz CT molecular complexity index is 966. The minimum absolute atomic E-state index is 0.0518. The van der Waals surface area contributed by atoms with Gasteiger partial charge >= 0.3 is 0 Å². The Morgan fingerprint density at radius 1 is 1.26 bits per heavy atom. The van der Waals surface area contributed by atoms with E-state index in [2.05, 4.69) is 26.4 Å². The fraction of sp³-hybridized carbons (Fsp3) is 0.300. The second kappa shape index (κ2) is 7.87. The van der Waals surface area contributed by atoms with Gasteiger partial charge in [-0.1, -0.05) is 12.1 Å². The molecule has 0 bridgehead atoms. The molecule has 0 unspecified atom stereocenters. The summed E-state index contributed by atoms with van der Waals surface area (Å²) in [6.45, 7) is 0.365. The van der Waals surface area contributed by atoms with E-state index < -0.39 is 17.1 Å². The smallest absolute Gasteiger partial charge is 0.261 e. The number of carbonyl (C=O) groups excluding carboxylic acids is 1. The zero-order chi connectivity index (χ0) is 19.3. The number of hydrogen-bond donors (Lipinski definition) is 2. The third-order valence-corrected chi connectivity index (χ3v) is 4.41. The highest BCUT2D eigenvalue weighted by Gasteiger charge is 2.38. The van der Waals surface area contributed by atoms with Gasteiger partial charge in [-0.3, -0.25) is 9.59 Å². The van der Waals surface area contributed by atoms with Crippen molar-refractivity contribution in [2.75, 3.05) is 13.7 Å². The van der Waals surface area contributed by atoms with Crippen LogP contribution in [0.5, 0.6) is 5.75 Å². The predicted molar refractivity (Wildman–Crippen MR) is 102 cm³/mol. The van der Waals surface area contributed by atoms with Crippen LogP contribution in [0.4, 0.5) is 0 Å². The molecule has 1 aromatic heterocycles. The molecule has 1 aromatic carbocycles. The van der Waals surface area contributed by atoms with E-state index in [1.54, 1.807) is 19.2 Å². The number of nitrogens with one attached hydrogen (secondary N) is 2. The summed E-state index contributed by atoms with van der Waals surface area (Å²) in [5, 5.41) is 10.8. The van der Waals surface area contributed by atoms with Crippen LogP contribution in [0.1, 0.15) is 29.6 Å². The van der Waals surface area contributed by atoms with Crippen LogP contribution in [0.2, 0.25) is 0 Å². The first-order valence-corrected chi connectivity index (χ1v) is 8.61. The molecule has 0 aliphatic carbocycles. The van der Waals surface area contributed by atoms with Crippen LogP contribution in [0, 0.1) is 12.3 Å². The summed E-state index contributed by atoms with van der Waals surface area (Å²) in [6, 6.07) is 10.5. The van der Waals surface area contributed by atoms with Gasteiger partial charge in [-0.25, -0.2) is 0 Å². The number of aromatic nitrogens is 1. The Kier molecular flexibility index (Phi) is 5.36. The van der Waals surface area contributed by atoms with Crippen LogP contribution < -0.4 is 15.6 Å². The minimum Gasteiger partial charge on any atom is -0.496 e. The highest BCUT2D eigenvalue weighted by molar-refractivity contribution is 5.94. The Balaban J connectivity index is 1.65. The van der Waals surface area contributed by atoms with Crippen molar-refractivity contribution in [3.8, 4) is 29.4 Å². The highest BCUT2D eigenvalue weighted by atomic mass is 16.5. The monoisotopic (exact) mass is 364 g/mol. The molecule has 2 N–H and O–H groups in total. The first kappa shape index (κ1) is 18.4. The fourth-order valence-corrected chi connectivity index (χ4v) is 2.82.